The molecule has 34 heavy (non-hydrogen) atoms. The SMILES string of the molecule is COC(=O)c1cc(S(N)(=O)=O)ccc1NCc1cn(Cc2ccccc2)nc1-c1ccccc1. The van der Waals surface area contributed by atoms with Crippen LogP contribution in [0.1, 0.15) is 21.5 Å². The van der Waals surface area contributed by atoms with Crippen molar-refractivity contribution < 1.29 is 17.9 Å². The molecule has 0 saturated carbocycles. The van der Waals surface area contributed by atoms with Crippen molar-refractivity contribution in [2.24, 2.45) is 5.14 Å². The van der Waals surface area contributed by atoms with Gasteiger partial charge in [-0.15, -0.1) is 0 Å². The molecule has 0 fully saturated rings. The third-order valence-electron chi connectivity index (χ3n) is 5.27. The molecule has 4 aromatic rings. The van der Waals surface area contributed by atoms with Crippen molar-refractivity contribution in [2.75, 3.05) is 12.4 Å². The van der Waals surface area contributed by atoms with Gasteiger partial charge in [-0.25, -0.2) is 18.4 Å². The Kier molecular flexibility index (Phi) is 6.76. The van der Waals surface area contributed by atoms with Gasteiger partial charge in [0.25, 0.3) is 0 Å². The monoisotopic (exact) mass is 476 g/mol. The van der Waals surface area contributed by atoms with Gasteiger partial charge in [-0.3, -0.25) is 4.68 Å². The van der Waals surface area contributed by atoms with Crippen molar-refractivity contribution in [3.8, 4) is 11.3 Å². The summed E-state index contributed by atoms with van der Waals surface area (Å²) in [6, 6.07) is 23.9. The molecule has 3 aromatic carbocycles. The van der Waals surface area contributed by atoms with Crippen LogP contribution in [0.2, 0.25) is 0 Å². The number of benzene rings is 3. The number of esters is 1. The Morgan fingerprint density at radius 2 is 1.71 bits per heavy atom. The fourth-order valence-corrected chi connectivity index (χ4v) is 4.15. The second-order valence-electron chi connectivity index (χ2n) is 7.65. The summed E-state index contributed by atoms with van der Waals surface area (Å²) in [4.78, 5) is 12.1. The summed E-state index contributed by atoms with van der Waals surface area (Å²) in [6.45, 7) is 0.953. The van der Waals surface area contributed by atoms with Gasteiger partial charge in [0.15, 0.2) is 0 Å². The van der Waals surface area contributed by atoms with E-state index < -0.39 is 16.0 Å². The number of carbonyl (C=O) groups excluding carboxylic acids is 1. The Bertz CT molecular complexity index is 1400. The first-order valence-corrected chi connectivity index (χ1v) is 12.0. The van der Waals surface area contributed by atoms with E-state index in [9.17, 15) is 13.2 Å². The number of hydrogen-bond donors (Lipinski definition) is 2. The number of rotatable bonds is 8. The van der Waals surface area contributed by atoms with Crippen LogP contribution in [-0.2, 0) is 27.8 Å². The number of nitrogens with zero attached hydrogens (tertiary/aromatic N) is 2. The molecule has 0 atom stereocenters. The molecular formula is C25H24N4O4S. The molecular weight excluding hydrogens is 452 g/mol. The van der Waals surface area contributed by atoms with E-state index in [0.29, 0.717) is 18.8 Å². The molecule has 0 aliphatic rings. The second-order valence-corrected chi connectivity index (χ2v) is 9.21. The van der Waals surface area contributed by atoms with Gasteiger partial charge in [0.1, 0.15) is 0 Å². The van der Waals surface area contributed by atoms with E-state index >= 15 is 0 Å². The molecule has 3 N–H and O–H groups in total. The highest BCUT2D eigenvalue weighted by molar-refractivity contribution is 7.89. The maximum atomic E-state index is 12.3. The molecule has 0 unspecified atom stereocenters. The first kappa shape index (κ1) is 23.2. The van der Waals surface area contributed by atoms with Crippen molar-refractivity contribution >= 4 is 21.7 Å². The minimum absolute atomic E-state index is 0.0759. The molecule has 0 aliphatic carbocycles. The minimum atomic E-state index is -3.97. The zero-order valence-corrected chi connectivity index (χ0v) is 19.3. The van der Waals surface area contributed by atoms with E-state index in [0.717, 1.165) is 22.4 Å². The number of ether oxygens (including phenoxy) is 1. The smallest absolute Gasteiger partial charge is 0.340 e. The summed E-state index contributed by atoms with van der Waals surface area (Å²) in [5.74, 6) is -0.670. The highest BCUT2D eigenvalue weighted by atomic mass is 32.2. The van der Waals surface area contributed by atoms with Crippen LogP contribution in [0.5, 0.6) is 0 Å². The Morgan fingerprint density at radius 1 is 1.03 bits per heavy atom. The molecule has 1 heterocycles. The molecule has 8 nitrogen and oxygen atoms in total. The summed E-state index contributed by atoms with van der Waals surface area (Å²) in [6.07, 6.45) is 1.96. The lowest BCUT2D eigenvalue weighted by atomic mass is 10.1. The lowest BCUT2D eigenvalue weighted by Crippen LogP contribution is -2.15. The fourth-order valence-electron chi connectivity index (χ4n) is 3.61. The standard InChI is InChI=1S/C25H24N4O4S/c1-33-25(30)22-14-21(34(26,31)32)12-13-23(22)27-15-20-17-29(16-18-8-4-2-5-9-18)28-24(20)19-10-6-3-7-11-19/h2-14,17,27H,15-16H2,1H3,(H2,26,31,32). The first-order chi connectivity index (χ1) is 16.3. The van der Waals surface area contributed by atoms with Crippen LogP contribution in [0.25, 0.3) is 11.3 Å². The normalized spacial score (nSPS) is 11.2. The molecule has 0 amide bonds. The number of primary sulfonamides is 1. The Hall–Kier alpha value is -3.95. The van der Waals surface area contributed by atoms with Crippen molar-refractivity contribution in [1.82, 2.24) is 9.78 Å². The largest absolute Gasteiger partial charge is 0.465 e. The van der Waals surface area contributed by atoms with Crippen LogP contribution in [-0.4, -0.2) is 31.3 Å². The summed E-state index contributed by atoms with van der Waals surface area (Å²) < 4.78 is 30.2. The zero-order valence-electron chi connectivity index (χ0n) is 18.5. The number of hydrogen-bond acceptors (Lipinski definition) is 6. The summed E-state index contributed by atoms with van der Waals surface area (Å²) in [5.41, 5.74) is 4.30. The number of nitrogens with two attached hydrogens (primary N) is 1. The van der Waals surface area contributed by atoms with Gasteiger partial charge in [-0.1, -0.05) is 60.7 Å². The maximum Gasteiger partial charge on any atom is 0.340 e. The van der Waals surface area contributed by atoms with Crippen LogP contribution in [0, 0.1) is 0 Å². The lowest BCUT2D eigenvalue weighted by Gasteiger charge is -2.12. The average molecular weight is 477 g/mol. The lowest BCUT2D eigenvalue weighted by molar-refractivity contribution is 0.0601. The van der Waals surface area contributed by atoms with Crippen LogP contribution in [0.15, 0.2) is 90.0 Å². The predicted molar refractivity (Wildman–Crippen MR) is 130 cm³/mol. The van der Waals surface area contributed by atoms with Gasteiger partial charge in [0, 0.05) is 29.6 Å². The Balaban J connectivity index is 1.66. The second kappa shape index (κ2) is 9.90. The van der Waals surface area contributed by atoms with E-state index in [4.69, 9.17) is 15.0 Å². The van der Waals surface area contributed by atoms with Crippen LogP contribution in [0.3, 0.4) is 0 Å². The highest BCUT2D eigenvalue weighted by Crippen LogP contribution is 2.26. The predicted octanol–water partition coefficient (Wildman–Crippen LogP) is 3.64. The maximum absolute atomic E-state index is 12.3. The third-order valence-corrected chi connectivity index (χ3v) is 6.18. The fraction of sp³-hybridized carbons (Fsp3) is 0.120. The van der Waals surface area contributed by atoms with Gasteiger partial charge in [-0.2, -0.15) is 5.10 Å². The molecule has 0 bridgehead atoms. The van der Waals surface area contributed by atoms with Crippen molar-refractivity contribution in [3.05, 3.63) is 102 Å². The molecule has 4 rings (SSSR count). The molecule has 0 aliphatic heterocycles. The van der Waals surface area contributed by atoms with Gasteiger partial charge in [-0.05, 0) is 23.8 Å². The van der Waals surface area contributed by atoms with Gasteiger partial charge in [0.2, 0.25) is 10.0 Å². The van der Waals surface area contributed by atoms with E-state index in [2.05, 4.69) is 5.32 Å². The highest BCUT2D eigenvalue weighted by Gasteiger charge is 2.18. The molecule has 0 spiro atoms. The van der Waals surface area contributed by atoms with E-state index in [1.54, 1.807) is 0 Å². The van der Waals surface area contributed by atoms with Gasteiger partial charge in [0.05, 0.1) is 29.8 Å². The third kappa shape index (κ3) is 5.33. The van der Waals surface area contributed by atoms with Crippen molar-refractivity contribution in [2.45, 2.75) is 18.0 Å². The summed E-state index contributed by atoms with van der Waals surface area (Å²) in [7, 11) is -2.74. The van der Waals surface area contributed by atoms with Crippen LogP contribution < -0.4 is 10.5 Å². The van der Waals surface area contributed by atoms with Crippen LogP contribution in [0.4, 0.5) is 5.69 Å². The number of nitrogens with one attached hydrogen (secondary N) is 1. The molecule has 174 valence electrons. The summed E-state index contributed by atoms with van der Waals surface area (Å²) in [5, 5.41) is 13.2. The molecule has 9 heteroatoms. The Morgan fingerprint density at radius 3 is 2.35 bits per heavy atom. The van der Waals surface area contributed by atoms with Crippen molar-refractivity contribution in [1.29, 1.82) is 0 Å². The quantitative estimate of drug-likeness (QED) is 0.375. The van der Waals surface area contributed by atoms with E-state index in [1.165, 1.54) is 25.3 Å². The number of anilines is 1. The first-order valence-electron chi connectivity index (χ1n) is 10.5. The van der Waals surface area contributed by atoms with E-state index in [-0.39, 0.29) is 10.5 Å². The van der Waals surface area contributed by atoms with Crippen LogP contribution >= 0.6 is 0 Å². The average Bonchev–Trinajstić information content (AvgIpc) is 3.25. The summed E-state index contributed by atoms with van der Waals surface area (Å²) >= 11 is 0. The minimum Gasteiger partial charge on any atom is -0.465 e. The topological polar surface area (TPSA) is 116 Å². The number of aromatic nitrogens is 2. The number of sulfonamides is 1. The molecule has 0 radical (unpaired) electrons. The molecule has 0 saturated heterocycles. The van der Waals surface area contributed by atoms with Gasteiger partial charge < -0.3 is 10.1 Å². The Labute approximate surface area is 198 Å². The number of methoxy groups -OCH3 is 1. The van der Waals surface area contributed by atoms with Crippen molar-refractivity contribution in [3.63, 3.8) is 0 Å². The van der Waals surface area contributed by atoms with Gasteiger partial charge >= 0.3 is 5.97 Å². The zero-order chi connectivity index (χ0) is 24.1. The number of carbonyl (C=O) groups is 1. The molecule has 1 aromatic heterocycles. The van der Waals surface area contributed by atoms with E-state index in [1.807, 2.05) is 71.5 Å².